The van der Waals surface area contributed by atoms with Crippen molar-refractivity contribution in [3.63, 3.8) is 0 Å². The molecule has 1 atom stereocenters. The molecule has 1 saturated heterocycles. The lowest BCUT2D eigenvalue weighted by atomic mass is 10.0. The van der Waals surface area contributed by atoms with Crippen LogP contribution in [0.1, 0.15) is 20.3 Å². The van der Waals surface area contributed by atoms with Crippen molar-refractivity contribution in [2.75, 3.05) is 12.9 Å². The van der Waals surface area contributed by atoms with Crippen molar-refractivity contribution >= 4 is 27.9 Å². The smallest absolute Gasteiger partial charge is 0.307 e. The highest BCUT2D eigenvalue weighted by atomic mass is 32.2. The fourth-order valence-corrected chi connectivity index (χ4v) is 6.13. The van der Waals surface area contributed by atoms with Crippen molar-refractivity contribution in [1.29, 1.82) is 0 Å². The fraction of sp³-hybridized carbons (Fsp3) is 0.304. The second-order valence-electron chi connectivity index (χ2n) is 8.02. The van der Waals surface area contributed by atoms with E-state index in [1.165, 1.54) is 7.05 Å². The van der Waals surface area contributed by atoms with E-state index >= 15 is 0 Å². The van der Waals surface area contributed by atoms with Gasteiger partial charge >= 0.3 is 10.2 Å². The zero-order valence-corrected chi connectivity index (χ0v) is 19.8. The molecule has 1 aliphatic rings. The molecule has 4 rings (SSSR count). The van der Waals surface area contributed by atoms with Gasteiger partial charge in [-0.25, -0.2) is 9.29 Å². The van der Waals surface area contributed by atoms with Gasteiger partial charge in [0.05, 0.1) is 5.88 Å². The van der Waals surface area contributed by atoms with Crippen molar-refractivity contribution in [2.24, 2.45) is 5.92 Å². The highest BCUT2D eigenvalue weighted by Gasteiger charge is 2.48. The zero-order valence-electron chi connectivity index (χ0n) is 18.1. The Hall–Kier alpha value is -2.62. The predicted octanol–water partition coefficient (Wildman–Crippen LogP) is 4.49. The van der Waals surface area contributed by atoms with Crippen LogP contribution in [0.15, 0.2) is 70.3 Å². The molecule has 2 heterocycles. The van der Waals surface area contributed by atoms with E-state index < -0.39 is 22.2 Å². The number of hydrogen-bond acceptors (Lipinski definition) is 6. The average Bonchev–Trinajstić information content (AvgIpc) is 3.27. The van der Waals surface area contributed by atoms with Crippen LogP contribution in [0.4, 0.5) is 0 Å². The zero-order chi connectivity index (χ0) is 22.9. The molecule has 9 heteroatoms. The lowest BCUT2D eigenvalue weighted by molar-refractivity contribution is -0.127. The summed E-state index contributed by atoms with van der Waals surface area (Å²) in [6, 6.07) is 18.6. The second kappa shape index (κ2) is 9.09. The van der Waals surface area contributed by atoms with Gasteiger partial charge in [0.25, 0.3) is 11.1 Å². The highest BCUT2D eigenvalue weighted by molar-refractivity contribution is 7.99. The van der Waals surface area contributed by atoms with Gasteiger partial charge in [0.2, 0.25) is 0 Å². The van der Waals surface area contributed by atoms with E-state index in [0.717, 1.165) is 31.5 Å². The van der Waals surface area contributed by atoms with Gasteiger partial charge in [-0.2, -0.15) is 12.7 Å². The number of oxazole rings is 1. The molecule has 3 aromatic rings. The third kappa shape index (κ3) is 4.32. The molecule has 0 radical (unpaired) electrons. The van der Waals surface area contributed by atoms with Gasteiger partial charge in [-0.1, -0.05) is 74.5 Å². The highest BCUT2D eigenvalue weighted by Crippen LogP contribution is 2.37. The van der Waals surface area contributed by atoms with Gasteiger partial charge in [-0.3, -0.25) is 4.79 Å². The summed E-state index contributed by atoms with van der Waals surface area (Å²) in [6.45, 7) is 3.93. The van der Waals surface area contributed by atoms with Crippen LogP contribution in [0.5, 0.6) is 0 Å². The molecule has 0 N–H and O–H groups in total. The Kier molecular flexibility index (Phi) is 6.41. The number of amides is 1. The minimum absolute atomic E-state index is 0.0942. The number of carbonyl (C=O) groups excluding carboxylic acids is 1. The molecule has 2 aromatic carbocycles. The minimum atomic E-state index is -3.86. The summed E-state index contributed by atoms with van der Waals surface area (Å²) in [7, 11) is -2.41. The molecule has 1 amide bonds. The van der Waals surface area contributed by atoms with Crippen molar-refractivity contribution in [1.82, 2.24) is 13.6 Å². The summed E-state index contributed by atoms with van der Waals surface area (Å²) in [5.41, 5.74) is 2.43. The van der Waals surface area contributed by atoms with E-state index in [4.69, 9.17) is 4.42 Å². The Morgan fingerprint density at radius 2 is 1.62 bits per heavy atom. The second-order valence-corrected chi connectivity index (χ2v) is 10.8. The van der Waals surface area contributed by atoms with Crippen LogP contribution >= 0.6 is 11.8 Å². The van der Waals surface area contributed by atoms with Crippen LogP contribution in [0.25, 0.3) is 22.6 Å². The molecule has 0 bridgehead atoms. The van der Waals surface area contributed by atoms with Gasteiger partial charge < -0.3 is 4.42 Å². The molecule has 7 nitrogen and oxygen atoms in total. The maximum atomic E-state index is 12.8. The van der Waals surface area contributed by atoms with E-state index in [-0.39, 0.29) is 11.8 Å². The summed E-state index contributed by atoms with van der Waals surface area (Å²) in [5, 5.41) is 0.306. The van der Waals surface area contributed by atoms with Crippen LogP contribution < -0.4 is 0 Å². The van der Waals surface area contributed by atoms with Gasteiger partial charge in [0, 0.05) is 18.2 Å². The number of aromatic nitrogens is 1. The number of nitrogens with zero attached hydrogens (tertiary/aromatic N) is 3. The van der Waals surface area contributed by atoms with Gasteiger partial charge in [0.15, 0.2) is 5.76 Å². The van der Waals surface area contributed by atoms with E-state index in [2.05, 4.69) is 4.98 Å². The van der Waals surface area contributed by atoms with Gasteiger partial charge in [0.1, 0.15) is 11.7 Å². The lowest BCUT2D eigenvalue weighted by Crippen LogP contribution is -2.32. The molecule has 1 aromatic heterocycles. The van der Waals surface area contributed by atoms with Crippen LogP contribution in [0.2, 0.25) is 0 Å². The molecular formula is C23H25N3O4S2. The number of likely N-dealkylation sites (N-methyl/N-ethyl adjacent to an activating group) is 1. The third-order valence-corrected chi connectivity index (χ3v) is 8.12. The van der Waals surface area contributed by atoms with Crippen LogP contribution in [-0.2, 0) is 15.0 Å². The number of hydrogen-bond donors (Lipinski definition) is 0. The molecule has 32 heavy (non-hydrogen) atoms. The number of thioether (sulfide) groups is 1. The molecule has 0 saturated carbocycles. The number of rotatable bonds is 7. The first-order chi connectivity index (χ1) is 15.3. The quantitative estimate of drug-likeness (QED) is 0.472. The Labute approximate surface area is 192 Å². The first kappa shape index (κ1) is 22.6. The summed E-state index contributed by atoms with van der Waals surface area (Å²) < 4.78 is 33.7. The van der Waals surface area contributed by atoms with E-state index in [1.807, 2.05) is 74.5 Å². The topological polar surface area (TPSA) is 83.7 Å². The molecular weight excluding hydrogens is 446 g/mol. The SMILES string of the molecule is CC(C)CC1C(=O)N(CSc2nc(-c3ccccc3)c(-c3ccccc3)o2)S(=O)(=O)N1C. The molecule has 1 unspecified atom stereocenters. The maximum absolute atomic E-state index is 12.8. The third-order valence-electron chi connectivity index (χ3n) is 5.30. The van der Waals surface area contributed by atoms with Crippen LogP contribution in [0, 0.1) is 5.92 Å². The minimum Gasteiger partial charge on any atom is -0.431 e. The Balaban J connectivity index is 1.62. The van der Waals surface area contributed by atoms with E-state index in [1.54, 1.807) is 0 Å². The number of carbonyl (C=O) groups is 1. The molecule has 0 aliphatic carbocycles. The first-order valence-corrected chi connectivity index (χ1v) is 12.7. The maximum Gasteiger partial charge on any atom is 0.307 e. The Bertz CT molecular complexity index is 1140. The molecule has 1 fully saturated rings. The van der Waals surface area contributed by atoms with Crippen molar-refractivity contribution in [3.05, 3.63) is 60.7 Å². The standard InChI is InChI=1S/C23H25N3O4S2/c1-16(2)14-19-22(27)26(32(28,29)25(19)3)15-31-23-24-20(17-10-6-4-7-11-17)21(30-23)18-12-8-5-9-13-18/h4-13,16,19H,14-15H2,1-3H3. The normalized spacial score (nSPS) is 18.6. The average molecular weight is 472 g/mol. The van der Waals surface area contributed by atoms with Crippen LogP contribution in [-0.4, -0.2) is 46.9 Å². The fourth-order valence-electron chi connectivity index (χ4n) is 3.63. The molecule has 1 aliphatic heterocycles. The largest absolute Gasteiger partial charge is 0.431 e. The van der Waals surface area contributed by atoms with Crippen molar-refractivity contribution in [3.8, 4) is 22.6 Å². The first-order valence-electron chi connectivity index (χ1n) is 10.3. The van der Waals surface area contributed by atoms with Crippen LogP contribution in [0.3, 0.4) is 0 Å². The predicted molar refractivity (Wildman–Crippen MR) is 125 cm³/mol. The molecule has 168 valence electrons. The lowest BCUT2D eigenvalue weighted by Gasteiger charge is -2.16. The summed E-state index contributed by atoms with van der Waals surface area (Å²) >= 11 is 1.09. The monoisotopic (exact) mass is 471 g/mol. The summed E-state index contributed by atoms with van der Waals surface area (Å²) in [4.78, 5) is 17.5. The summed E-state index contributed by atoms with van der Waals surface area (Å²) in [5.74, 6) is 0.294. The molecule has 0 spiro atoms. The summed E-state index contributed by atoms with van der Waals surface area (Å²) in [6.07, 6.45) is 0.477. The Morgan fingerprint density at radius 3 is 2.22 bits per heavy atom. The Morgan fingerprint density at radius 1 is 1.03 bits per heavy atom. The van der Waals surface area contributed by atoms with Gasteiger partial charge in [-0.05, 0) is 24.1 Å². The van der Waals surface area contributed by atoms with Crippen molar-refractivity contribution in [2.45, 2.75) is 31.5 Å². The van der Waals surface area contributed by atoms with E-state index in [9.17, 15) is 13.2 Å². The van der Waals surface area contributed by atoms with Crippen molar-refractivity contribution < 1.29 is 17.6 Å². The number of benzene rings is 2. The van der Waals surface area contributed by atoms with E-state index in [0.29, 0.717) is 23.1 Å². The van der Waals surface area contributed by atoms with Gasteiger partial charge in [-0.15, -0.1) is 0 Å².